The summed E-state index contributed by atoms with van der Waals surface area (Å²) >= 11 is 0. The molecule has 1 atom stereocenters. The quantitative estimate of drug-likeness (QED) is 0.871. The fourth-order valence-electron chi connectivity index (χ4n) is 3.92. The molecule has 0 bridgehead atoms. The molecule has 2 heterocycles. The van der Waals surface area contributed by atoms with Gasteiger partial charge in [-0.25, -0.2) is 0 Å². The molecule has 0 saturated carbocycles. The van der Waals surface area contributed by atoms with Gasteiger partial charge in [0.25, 0.3) is 0 Å². The summed E-state index contributed by atoms with van der Waals surface area (Å²) in [7, 11) is 0. The van der Waals surface area contributed by atoms with E-state index in [1.54, 1.807) is 4.90 Å². The summed E-state index contributed by atoms with van der Waals surface area (Å²) < 4.78 is 0. The molecular weight excluding hydrogens is 300 g/mol. The van der Waals surface area contributed by atoms with Crippen molar-refractivity contribution in [1.82, 2.24) is 9.80 Å². The van der Waals surface area contributed by atoms with E-state index in [2.05, 4.69) is 30.3 Å². The minimum Gasteiger partial charge on any atom is -0.336 e. The molecule has 124 valence electrons. The first-order valence-electron chi connectivity index (χ1n) is 8.75. The highest BCUT2D eigenvalue weighted by Gasteiger charge is 2.36. The zero-order valence-corrected chi connectivity index (χ0v) is 13.8. The normalized spacial score (nSPS) is 20.5. The maximum atomic E-state index is 12.5. The first-order valence-corrected chi connectivity index (χ1v) is 8.75. The Morgan fingerprint density at radius 3 is 2.83 bits per heavy atom. The van der Waals surface area contributed by atoms with Gasteiger partial charge in [-0.2, -0.15) is 0 Å². The van der Waals surface area contributed by atoms with E-state index in [0.717, 1.165) is 25.8 Å². The van der Waals surface area contributed by atoms with Crippen molar-refractivity contribution in [3.63, 3.8) is 0 Å². The lowest BCUT2D eigenvalue weighted by Gasteiger charge is -2.37. The van der Waals surface area contributed by atoms with Gasteiger partial charge in [-0.3, -0.25) is 9.59 Å². The Balaban J connectivity index is 1.39. The van der Waals surface area contributed by atoms with Gasteiger partial charge >= 0.3 is 0 Å². The van der Waals surface area contributed by atoms with Gasteiger partial charge in [0.05, 0.1) is 6.54 Å². The zero-order valence-electron chi connectivity index (χ0n) is 13.8. The monoisotopic (exact) mass is 322 g/mol. The molecule has 4 heteroatoms. The number of benzene rings is 2. The Morgan fingerprint density at radius 1 is 1.12 bits per heavy atom. The molecule has 2 aliphatic heterocycles. The molecule has 2 saturated heterocycles. The van der Waals surface area contributed by atoms with Gasteiger partial charge in [-0.15, -0.1) is 0 Å². The highest BCUT2D eigenvalue weighted by atomic mass is 16.2. The van der Waals surface area contributed by atoms with E-state index in [4.69, 9.17) is 0 Å². The third kappa shape index (κ3) is 2.88. The second-order valence-electron chi connectivity index (χ2n) is 6.84. The van der Waals surface area contributed by atoms with Crippen LogP contribution in [0.3, 0.4) is 0 Å². The van der Waals surface area contributed by atoms with Gasteiger partial charge in [-0.1, -0.05) is 42.5 Å². The molecule has 1 unspecified atom stereocenters. The van der Waals surface area contributed by atoms with Crippen molar-refractivity contribution < 1.29 is 9.59 Å². The number of rotatable bonds is 3. The van der Waals surface area contributed by atoms with Gasteiger partial charge < -0.3 is 9.80 Å². The number of aryl methyl sites for hydroxylation is 1. The molecule has 4 rings (SSSR count). The lowest BCUT2D eigenvalue weighted by Crippen LogP contribution is -2.55. The van der Waals surface area contributed by atoms with Crippen LogP contribution in [0.4, 0.5) is 0 Å². The van der Waals surface area contributed by atoms with Crippen LogP contribution in [0.15, 0.2) is 42.5 Å². The van der Waals surface area contributed by atoms with Crippen LogP contribution in [0, 0.1) is 0 Å². The third-order valence-corrected chi connectivity index (χ3v) is 5.25. The van der Waals surface area contributed by atoms with Crippen LogP contribution in [0.5, 0.6) is 0 Å². The smallest absolute Gasteiger partial charge is 0.242 e. The van der Waals surface area contributed by atoms with E-state index in [1.807, 2.05) is 17.0 Å². The van der Waals surface area contributed by atoms with Crippen LogP contribution in [0.2, 0.25) is 0 Å². The van der Waals surface area contributed by atoms with Gasteiger partial charge in [0.1, 0.15) is 0 Å². The summed E-state index contributed by atoms with van der Waals surface area (Å²) in [6.45, 7) is 1.83. The number of amides is 2. The van der Waals surface area contributed by atoms with Gasteiger partial charge in [0, 0.05) is 25.6 Å². The van der Waals surface area contributed by atoms with Crippen molar-refractivity contribution >= 4 is 22.6 Å². The van der Waals surface area contributed by atoms with Crippen molar-refractivity contribution in [3.05, 3.63) is 48.0 Å². The predicted octanol–water partition coefficient (Wildman–Crippen LogP) is 2.61. The van der Waals surface area contributed by atoms with Crippen LogP contribution < -0.4 is 0 Å². The van der Waals surface area contributed by atoms with Crippen LogP contribution >= 0.6 is 0 Å². The second-order valence-corrected chi connectivity index (χ2v) is 6.84. The minimum absolute atomic E-state index is 0.100. The Labute approximate surface area is 142 Å². The third-order valence-electron chi connectivity index (χ3n) is 5.25. The number of piperazine rings is 1. The van der Waals surface area contributed by atoms with Crippen molar-refractivity contribution in [1.29, 1.82) is 0 Å². The van der Waals surface area contributed by atoms with E-state index in [9.17, 15) is 9.59 Å². The molecule has 24 heavy (non-hydrogen) atoms. The topological polar surface area (TPSA) is 40.6 Å². The molecule has 2 aromatic rings. The maximum absolute atomic E-state index is 12.5. The highest BCUT2D eigenvalue weighted by Crippen LogP contribution is 2.23. The summed E-state index contributed by atoms with van der Waals surface area (Å²) in [6.07, 6.45) is 3.29. The molecule has 2 aromatic carbocycles. The first-order chi connectivity index (χ1) is 11.7. The van der Waals surface area contributed by atoms with Crippen LogP contribution in [-0.2, 0) is 16.0 Å². The lowest BCUT2D eigenvalue weighted by atomic mass is 10.0. The van der Waals surface area contributed by atoms with E-state index in [1.165, 1.54) is 16.3 Å². The Kier molecular flexibility index (Phi) is 3.97. The standard InChI is InChI=1S/C20H22N2O2/c23-19(21-13-18-6-3-11-22(18)20(24)14-21)10-8-15-7-9-16-4-1-2-5-17(16)12-15/h1-2,4-5,7,9,12,18H,3,6,8,10-11,13-14H2. The van der Waals surface area contributed by atoms with E-state index < -0.39 is 0 Å². The number of carbonyl (C=O) groups excluding carboxylic acids is 2. The van der Waals surface area contributed by atoms with E-state index >= 15 is 0 Å². The number of hydrogen-bond donors (Lipinski definition) is 0. The molecule has 2 amide bonds. The second kappa shape index (κ2) is 6.27. The first kappa shape index (κ1) is 15.2. The van der Waals surface area contributed by atoms with Crippen LogP contribution in [-0.4, -0.2) is 47.3 Å². The lowest BCUT2D eigenvalue weighted by molar-refractivity contribution is -0.146. The Hall–Kier alpha value is -2.36. The molecule has 2 aliphatic rings. The minimum atomic E-state index is 0.100. The number of carbonyl (C=O) groups is 2. The van der Waals surface area contributed by atoms with Crippen LogP contribution in [0.25, 0.3) is 10.8 Å². The van der Waals surface area contributed by atoms with Crippen molar-refractivity contribution in [2.24, 2.45) is 0 Å². The summed E-state index contributed by atoms with van der Waals surface area (Å²) in [6, 6.07) is 14.9. The molecule has 0 aliphatic carbocycles. The molecule has 0 radical (unpaired) electrons. The molecule has 0 aromatic heterocycles. The largest absolute Gasteiger partial charge is 0.336 e. The summed E-state index contributed by atoms with van der Waals surface area (Å²) in [4.78, 5) is 28.4. The summed E-state index contributed by atoms with van der Waals surface area (Å²) in [5.41, 5.74) is 1.17. The van der Waals surface area contributed by atoms with E-state index in [0.29, 0.717) is 13.0 Å². The Bertz CT molecular complexity index is 786. The average molecular weight is 322 g/mol. The number of nitrogens with zero attached hydrogens (tertiary/aromatic N) is 2. The molecule has 0 N–H and O–H groups in total. The van der Waals surface area contributed by atoms with Crippen LogP contribution in [0.1, 0.15) is 24.8 Å². The summed E-state index contributed by atoms with van der Waals surface area (Å²) in [5.74, 6) is 0.214. The van der Waals surface area contributed by atoms with Gasteiger partial charge in [0.15, 0.2) is 0 Å². The average Bonchev–Trinajstić information content (AvgIpc) is 3.08. The molecule has 0 spiro atoms. The van der Waals surface area contributed by atoms with E-state index in [-0.39, 0.29) is 24.4 Å². The van der Waals surface area contributed by atoms with Crippen molar-refractivity contribution in [2.45, 2.75) is 31.7 Å². The maximum Gasteiger partial charge on any atom is 0.242 e. The van der Waals surface area contributed by atoms with Crippen molar-refractivity contribution in [3.8, 4) is 0 Å². The Morgan fingerprint density at radius 2 is 1.96 bits per heavy atom. The predicted molar refractivity (Wildman–Crippen MR) is 93.6 cm³/mol. The van der Waals surface area contributed by atoms with Crippen molar-refractivity contribution in [2.75, 3.05) is 19.6 Å². The number of hydrogen-bond acceptors (Lipinski definition) is 2. The zero-order chi connectivity index (χ0) is 16.5. The SMILES string of the molecule is O=C(CCc1ccc2ccccc2c1)N1CC(=O)N2CCCC2C1. The van der Waals surface area contributed by atoms with Gasteiger partial charge in [0.2, 0.25) is 11.8 Å². The fraction of sp³-hybridized carbons (Fsp3) is 0.400. The number of fused-ring (bicyclic) bond motifs is 2. The highest BCUT2D eigenvalue weighted by molar-refractivity contribution is 5.87. The summed E-state index contributed by atoms with van der Waals surface area (Å²) in [5, 5.41) is 2.42. The van der Waals surface area contributed by atoms with Gasteiger partial charge in [-0.05, 0) is 35.6 Å². The fourth-order valence-corrected chi connectivity index (χ4v) is 3.92. The molecule has 4 nitrogen and oxygen atoms in total. The molecule has 2 fully saturated rings. The molecular formula is C20H22N2O2.